The molecule has 0 heterocycles. The zero-order chi connectivity index (χ0) is 16.9. The molecule has 0 bridgehead atoms. The Morgan fingerprint density at radius 3 is 1.83 bits per heavy atom. The van der Waals surface area contributed by atoms with Crippen LogP contribution in [-0.4, -0.2) is 35.9 Å². The molecule has 0 spiro atoms. The lowest BCUT2D eigenvalue weighted by molar-refractivity contribution is -0.121. The van der Waals surface area contributed by atoms with Crippen LogP contribution in [0.3, 0.4) is 0 Å². The van der Waals surface area contributed by atoms with Crippen LogP contribution in [0.15, 0.2) is 0 Å². The number of Topliss-reactive ketones (excluding diaryl/α,β-unsaturated/α-hetero) is 1. The quantitative estimate of drug-likeness (QED) is 0.650. The molecule has 4 nitrogen and oxygen atoms in total. The van der Waals surface area contributed by atoms with Gasteiger partial charge in [0.05, 0.1) is 0 Å². The van der Waals surface area contributed by atoms with Gasteiger partial charge in [0.1, 0.15) is 5.78 Å². The van der Waals surface area contributed by atoms with Gasteiger partial charge in [-0.2, -0.15) is 0 Å². The minimum Gasteiger partial charge on any atom is -0.377 e. The average Bonchev–Trinajstić information content (AvgIpc) is 2.61. The monoisotopic (exact) mass is 342 g/mol. The molecule has 2 saturated carbocycles. The summed E-state index contributed by atoms with van der Waals surface area (Å²) in [6.45, 7) is 2.22. The van der Waals surface area contributed by atoms with Crippen LogP contribution in [-0.2, 0) is 18.1 Å². The number of carbonyl (C=O) groups is 1. The van der Waals surface area contributed by atoms with E-state index in [0.29, 0.717) is 17.2 Å². The summed E-state index contributed by atoms with van der Waals surface area (Å²) in [5, 5.41) is 0. The first-order valence-electron chi connectivity index (χ1n) is 9.27. The normalized spacial score (nSPS) is 28.8. The van der Waals surface area contributed by atoms with Crippen molar-refractivity contribution in [3.05, 3.63) is 0 Å². The van der Waals surface area contributed by atoms with Crippen LogP contribution in [0, 0.1) is 17.8 Å². The van der Waals surface area contributed by atoms with E-state index in [-0.39, 0.29) is 0 Å². The van der Waals surface area contributed by atoms with Gasteiger partial charge < -0.3 is 13.3 Å². The molecule has 0 N–H and O–H groups in total. The lowest BCUT2D eigenvalue weighted by atomic mass is 9.70. The molecule has 1 unspecified atom stereocenters. The van der Waals surface area contributed by atoms with Crippen molar-refractivity contribution in [2.45, 2.75) is 70.3 Å². The molecule has 23 heavy (non-hydrogen) atoms. The molecule has 2 aliphatic carbocycles. The van der Waals surface area contributed by atoms with Crippen LogP contribution in [0.1, 0.15) is 64.7 Å². The molecule has 5 heteroatoms. The largest absolute Gasteiger partial charge is 0.503 e. The fraction of sp³-hybridized carbons (Fsp3) is 0.944. The van der Waals surface area contributed by atoms with Gasteiger partial charge in [0.25, 0.3) is 0 Å². The Morgan fingerprint density at radius 1 is 0.913 bits per heavy atom. The third-order valence-electron chi connectivity index (χ3n) is 6.39. The summed E-state index contributed by atoms with van der Waals surface area (Å²) in [6.07, 6.45) is 10.0. The smallest absolute Gasteiger partial charge is 0.377 e. The topological polar surface area (TPSA) is 44.8 Å². The molecule has 2 aliphatic rings. The van der Waals surface area contributed by atoms with Crippen molar-refractivity contribution in [2.24, 2.45) is 17.8 Å². The van der Waals surface area contributed by atoms with Gasteiger partial charge in [-0.15, -0.1) is 0 Å². The van der Waals surface area contributed by atoms with Crippen LogP contribution < -0.4 is 0 Å². The maximum absolute atomic E-state index is 11.4. The summed E-state index contributed by atoms with van der Waals surface area (Å²) in [4.78, 5) is 11.4. The third kappa shape index (κ3) is 4.24. The van der Waals surface area contributed by atoms with E-state index in [2.05, 4.69) is 6.92 Å². The summed E-state index contributed by atoms with van der Waals surface area (Å²) in [7, 11) is 2.64. The first-order chi connectivity index (χ1) is 11.1. The number of hydrogen-bond donors (Lipinski definition) is 0. The van der Waals surface area contributed by atoms with E-state index in [1.807, 2.05) is 0 Å². The van der Waals surface area contributed by atoms with E-state index < -0.39 is 8.80 Å². The van der Waals surface area contributed by atoms with Gasteiger partial charge in [0.15, 0.2) is 0 Å². The SMILES string of the molecule is CCC(C1CCC(C2CCC(=O)CC2)CC1)[Si](OC)(OC)OC. The molecule has 0 aliphatic heterocycles. The number of hydrogen-bond acceptors (Lipinski definition) is 4. The van der Waals surface area contributed by atoms with Gasteiger partial charge in [-0.1, -0.05) is 6.92 Å². The fourth-order valence-electron chi connectivity index (χ4n) is 5.03. The number of ketones is 1. The van der Waals surface area contributed by atoms with E-state index in [1.165, 1.54) is 25.7 Å². The standard InChI is InChI=1S/C18H34O4Si/c1-5-18(23(20-2,21-3)22-4)16-8-6-14(7-9-16)15-10-12-17(19)13-11-15/h14-16,18H,5-13H2,1-4H3. The van der Waals surface area contributed by atoms with Crippen LogP contribution >= 0.6 is 0 Å². The van der Waals surface area contributed by atoms with Gasteiger partial charge >= 0.3 is 8.80 Å². The Morgan fingerprint density at radius 2 is 1.39 bits per heavy atom. The van der Waals surface area contributed by atoms with Crippen LogP contribution in [0.5, 0.6) is 0 Å². The molecular formula is C18H34O4Si. The molecule has 0 aromatic rings. The Labute approximate surface area is 142 Å². The molecule has 0 aromatic carbocycles. The lowest BCUT2D eigenvalue weighted by Gasteiger charge is -2.41. The molecule has 2 rings (SSSR count). The van der Waals surface area contributed by atoms with E-state index in [1.54, 1.807) is 21.3 Å². The van der Waals surface area contributed by atoms with Crippen molar-refractivity contribution < 1.29 is 18.1 Å². The second kappa shape index (κ2) is 8.74. The second-order valence-corrected chi connectivity index (χ2v) is 10.5. The summed E-state index contributed by atoms with van der Waals surface area (Å²) < 4.78 is 17.3. The maximum Gasteiger partial charge on any atom is 0.503 e. The first kappa shape index (κ1) is 19.1. The predicted octanol–water partition coefficient (Wildman–Crippen LogP) is 4.21. The van der Waals surface area contributed by atoms with Crippen molar-refractivity contribution in [1.29, 1.82) is 0 Å². The molecule has 0 aromatic heterocycles. The van der Waals surface area contributed by atoms with Crippen LogP contribution in [0.2, 0.25) is 5.54 Å². The summed E-state index contributed by atoms with van der Waals surface area (Å²) in [6, 6.07) is 0. The second-order valence-electron chi connectivity index (χ2n) is 7.28. The van der Waals surface area contributed by atoms with Gasteiger partial charge in [0.2, 0.25) is 0 Å². The highest BCUT2D eigenvalue weighted by molar-refractivity contribution is 6.62. The Kier molecular flexibility index (Phi) is 7.26. The van der Waals surface area contributed by atoms with E-state index in [4.69, 9.17) is 13.3 Å². The zero-order valence-electron chi connectivity index (χ0n) is 15.3. The van der Waals surface area contributed by atoms with Gasteiger partial charge in [0, 0.05) is 39.7 Å². The fourth-order valence-corrected chi connectivity index (χ4v) is 7.85. The third-order valence-corrected chi connectivity index (χ3v) is 9.88. The number of rotatable bonds is 7. The van der Waals surface area contributed by atoms with Gasteiger partial charge in [-0.3, -0.25) is 4.79 Å². The molecule has 0 radical (unpaired) electrons. The lowest BCUT2D eigenvalue weighted by Crippen LogP contribution is -2.50. The van der Waals surface area contributed by atoms with E-state index in [9.17, 15) is 4.79 Å². The minimum absolute atomic E-state index is 0.399. The van der Waals surface area contributed by atoms with Crippen LogP contribution in [0.4, 0.5) is 0 Å². The van der Waals surface area contributed by atoms with Crippen molar-refractivity contribution in [2.75, 3.05) is 21.3 Å². The van der Waals surface area contributed by atoms with Gasteiger partial charge in [-0.25, -0.2) is 0 Å². The number of carbonyl (C=O) groups excluding carboxylic acids is 1. The summed E-state index contributed by atoms with van der Waals surface area (Å²) in [5.74, 6) is 2.72. The highest BCUT2D eigenvalue weighted by Gasteiger charge is 2.50. The molecule has 1 atom stereocenters. The van der Waals surface area contributed by atoms with E-state index >= 15 is 0 Å². The summed E-state index contributed by atoms with van der Waals surface area (Å²) in [5.41, 5.74) is 0.399. The minimum atomic E-state index is -2.55. The van der Waals surface area contributed by atoms with Crippen molar-refractivity contribution in [1.82, 2.24) is 0 Å². The molecule has 2 fully saturated rings. The molecular weight excluding hydrogens is 308 g/mol. The highest BCUT2D eigenvalue weighted by atomic mass is 28.4. The maximum atomic E-state index is 11.4. The molecule has 0 amide bonds. The Bertz CT molecular complexity index is 357. The zero-order valence-corrected chi connectivity index (χ0v) is 16.3. The Hall–Kier alpha value is -0.233. The van der Waals surface area contributed by atoms with Gasteiger partial charge in [-0.05, 0) is 62.7 Å². The van der Waals surface area contributed by atoms with Crippen molar-refractivity contribution >= 4 is 14.6 Å². The van der Waals surface area contributed by atoms with Crippen LogP contribution in [0.25, 0.3) is 0 Å². The summed E-state index contributed by atoms with van der Waals surface area (Å²) >= 11 is 0. The first-order valence-corrected chi connectivity index (χ1v) is 11.1. The predicted molar refractivity (Wildman–Crippen MR) is 93.2 cm³/mol. The molecule has 0 saturated heterocycles. The highest BCUT2D eigenvalue weighted by Crippen LogP contribution is 2.46. The van der Waals surface area contributed by atoms with Crippen molar-refractivity contribution in [3.63, 3.8) is 0 Å². The van der Waals surface area contributed by atoms with Crippen molar-refractivity contribution in [3.8, 4) is 0 Å². The Balaban J connectivity index is 1.92. The molecule has 134 valence electrons. The van der Waals surface area contributed by atoms with E-state index in [0.717, 1.165) is 43.9 Å². The average molecular weight is 343 g/mol.